The molecule has 17 heavy (non-hydrogen) atoms. The molecule has 1 aromatic heterocycles. The van der Waals surface area contributed by atoms with Crippen LogP contribution in [0.3, 0.4) is 0 Å². The second-order valence-corrected chi connectivity index (χ2v) is 4.78. The van der Waals surface area contributed by atoms with Crippen LogP contribution in [0.25, 0.3) is 0 Å². The van der Waals surface area contributed by atoms with E-state index in [9.17, 15) is 9.59 Å². The highest BCUT2D eigenvalue weighted by Crippen LogP contribution is 2.19. The molecular formula is C11H14N2O3S. The van der Waals surface area contributed by atoms with E-state index in [1.165, 1.54) is 11.3 Å². The van der Waals surface area contributed by atoms with Gasteiger partial charge in [0.25, 0.3) is 5.91 Å². The Kier molecular flexibility index (Phi) is 3.88. The highest BCUT2D eigenvalue weighted by atomic mass is 32.1. The molecule has 1 amide bonds. The molecule has 6 heteroatoms. The predicted molar refractivity (Wildman–Crippen MR) is 64.4 cm³/mol. The molecule has 1 aliphatic rings. The zero-order valence-electron chi connectivity index (χ0n) is 9.35. The van der Waals surface area contributed by atoms with Gasteiger partial charge in [0.15, 0.2) is 5.78 Å². The van der Waals surface area contributed by atoms with Gasteiger partial charge in [0, 0.05) is 13.1 Å². The average Bonchev–Trinajstić information content (AvgIpc) is 2.87. The lowest BCUT2D eigenvalue weighted by molar-refractivity contribution is 0.0306. The molecule has 0 spiro atoms. The molecule has 0 unspecified atom stereocenters. The van der Waals surface area contributed by atoms with Crippen molar-refractivity contribution in [2.45, 2.75) is 0 Å². The lowest BCUT2D eigenvalue weighted by atomic mass is 10.3. The van der Waals surface area contributed by atoms with Crippen LogP contribution in [0.4, 0.5) is 0 Å². The van der Waals surface area contributed by atoms with Crippen molar-refractivity contribution < 1.29 is 14.3 Å². The summed E-state index contributed by atoms with van der Waals surface area (Å²) in [6.45, 7) is 2.34. The fourth-order valence-electron chi connectivity index (χ4n) is 1.63. The molecule has 2 N–H and O–H groups in total. The molecule has 2 heterocycles. The minimum absolute atomic E-state index is 0.0221. The number of amides is 1. The molecule has 1 aromatic rings. The van der Waals surface area contributed by atoms with Gasteiger partial charge < -0.3 is 15.4 Å². The van der Waals surface area contributed by atoms with Crippen molar-refractivity contribution in [3.05, 3.63) is 21.9 Å². The Labute approximate surface area is 103 Å². The zero-order valence-corrected chi connectivity index (χ0v) is 10.2. The molecule has 0 aliphatic carbocycles. The normalized spacial score (nSPS) is 15.9. The summed E-state index contributed by atoms with van der Waals surface area (Å²) in [5.41, 5.74) is 5.28. The van der Waals surface area contributed by atoms with Crippen molar-refractivity contribution in [3.63, 3.8) is 0 Å². The van der Waals surface area contributed by atoms with E-state index < -0.39 is 0 Å². The zero-order chi connectivity index (χ0) is 12.3. The third-order valence-corrected chi connectivity index (χ3v) is 3.69. The maximum atomic E-state index is 12.1. The van der Waals surface area contributed by atoms with E-state index in [-0.39, 0.29) is 18.2 Å². The number of hydrogen-bond donors (Lipinski definition) is 1. The molecule has 1 saturated heterocycles. The first kappa shape index (κ1) is 12.2. The molecule has 1 fully saturated rings. The number of nitrogens with two attached hydrogens (primary N) is 1. The molecular weight excluding hydrogens is 240 g/mol. The number of rotatable bonds is 3. The summed E-state index contributed by atoms with van der Waals surface area (Å²) in [7, 11) is 0. The second kappa shape index (κ2) is 5.39. The summed E-state index contributed by atoms with van der Waals surface area (Å²) < 4.78 is 5.19. The highest BCUT2D eigenvalue weighted by molar-refractivity contribution is 7.16. The first-order chi connectivity index (χ1) is 8.22. The van der Waals surface area contributed by atoms with Crippen LogP contribution < -0.4 is 5.73 Å². The Morgan fingerprint density at radius 2 is 1.94 bits per heavy atom. The smallest absolute Gasteiger partial charge is 0.264 e. The predicted octanol–water partition coefficient (Wildman–Crippen LogP) is 0.362. The Morgan fingerprint density at radius 1 is 1.29 bits per heavy atom. The third kappa shape index (κ3) is 2.71. The van der Waals surface area contributed by atoms with Gasteiger partial charge in [-0.1, -0.05) is 0 Å². The summed E-state index contributed by atoms with van der Waals surface area (Å²) in [5, 5.41) is 0. The van der Waals surface area contributed by atoms with E-state index in [0.29, 0.717) is 36.1 Å². The van der Waals surface area contributed by atoms with Crippen LogP contribution in [0, 0.1) is 0 Å². The molecule has 1 aliphatic heterocycles. The fourth-order valence-corrected chi connectivity index (χ4v) is 2.55. The number of morpholine rings is 1. The number of nitrogens with zero attached hydrogens (tertiary/aromatic N) is 1. The number of thiophene rings is 1. The van der Waals surface area contributed by atoms with Gasteiger partial charge in [-0.05, 0) is 12.1 Å². The van der Waals surface area contributed by atoms with E-state index in [1.807, 2.05) is 0 Å². The van der Waals surface area contributed by atoms with E-state index in [1.54, 1.807) is 17.0 Å². The highest BCUT2D eigenvalue weighted by Gasteiger charge is 2.20. The largest absolute Gasteiger partial charge is 0.378 e. The quantitative estimate of drug-likeness (QED) is 0.791. The standard InChI is InChI=1S/C11H14N2O3S/c12-7-8(14)9-1-2-10(17-9)11(15)13-3-5-16-6-4-13/h1-2H,3-7,12H2. The van der Waals surface area contributed by atoms with Crippen LogP contribution in [-0.2, 0) is 4.74 Å². The molecule has 2 rings (SSSR count). The van der Waals surface area contributed by atoms with E-state index in [4.69, 9.17) is 10.5 Å². The molecule has 0 aromatic carbocycles. The van der Waals surface area contributed by atoms with Gasteiger partial charge in [0.1, 0.15) is 0 Å². The van der Waals surface area contributed by atoms with Crippen LogP contribution in [0.2, 0.25) is 0 Å². The van der Waals surface area contributed by atoms with Crippen LogP contribution in [0.5, 0.6) is 0 Å². The van der Waals surface area contributed by atoms with Gasteiger partial charge in [-0.25, -0.2) is 0 Å². The second-order valence-electron chi connectivity index (χ2n) is 3.70. The Morgan fingerprint density at radius 3 is 2.59 bits per heavy atom. The molecule has 0 bridgehead atoms. The van der Waals surface area contributed by atoms with Gasteiger partial charge >= 0.3 is 0 Å². The average molecular weight is 254 g/mol. The molecule has 0 radical (unpaired) electrons. The monoisotopic (exact) mass is 254 g/mol. The van der Waals surface area contributed by atoms with Gasteiger partial charge in [0.05, 0.1) is 29.5 Å². The summed E-state index contributed by atoms with van der Waals surface area (Å²) in [6.07, 6.45) is 0. The summed E-state index contributed by atoms with van der Waals surface area (Å²) in [5.74, 6) is -0.162. The fraction of sp³-hybridized carbons (Fsp3) is 0.455. The van der Waals surface area contributed by atoms with E-state index in [0.717, 1.165) is 0 Å². The minimum atomic E-state index is -0.129. The SMILES string of the molecule is NCC(=O)c1ccc(C(=O)N2CCOCC2)s1. The molecule has 0 saturated carbocycles. The summed E-state index contributed by atoms with van der Waals surface area (Å²) in [4.78, 5) is 26.3. The van der Waals surface area contributed by atoms with Gasteiger partial charge in [-0.15, -0.1) is 11.3 Å². The summed E-state index contributed by atoms with van der Waals surface area (Å²) in [6, 6.07) is 3.35. The molecule has 92 valence electrons. The van der Waals surface area contributed by atoms with E-state index >= 15 is 0 Å². The Hall–Kier alpha value is -1.24. The van der Waals surface area contributed by atoms with Crippen LogP contribution in [-0.4, -0.2) is 49.4 Å². The van der Waals surface area contributed by atoms with Crippen molar-refractivity contribution in [2.24, 2.45) is 5.73 Å². The number of carbonyl (C=O) groups excluding carboxylic acids is 2. The van der Waals surface area contributed by atoms with Crippen molar-refractivity contribution >= 4 is 23.0 Å². The molecule has 0 atom stereocenters. The first-order valence-electron chi connectivity index (χ1n) is 5.42. The summed E-state index contributed by atoms with van der Waals surface area (Å²) >= 11 is 1.21. The first-order valence-corrected chi connectivity index (χ1v) is 6.24. The van der Waals surface area contributed by atoms with Crippen molar-refractivity contribution in [3.8, 4) is 0 Å². The van der Waals surface area contributed by atoms with Gasteiger partial charge in [0.2, 0.25) is 0 Å². The van der Waals surface area contributed by atoms with E-state index in [2.05, 4.69) is 0 Å². The number of carbonyl (C=O) groups is 2. The molecule has 5 nitrogen and oxygen atoms in total. The number of ether oxygens (including phenoxy) is 1. The Bertz CT molecular complexity index is 424. The number of Topliss-reactive ketones (excluding diaryl/α,β-unsaturated/α-hetero) is 1. The van der Waals surface area contributed by atoms with Crippen molar-refractivity contribution in [1.82, 2.24) is 4.90 Å². The maximum absolute atomic E-state index is 12.1. The maximum Gasteiger partial charge on any atom is 0.264 e. The van der Waals surface area contributed by atoms with Crippen molar-refractivity contribution in [1.29, 1.82) is 0 Å². The number of hydrogen-bond acceptors (Lipinski definition) is 5. The van der Waals surface area contributed by atoms with Crippen LogP contribution >= 0.6 is 11.3 Å². The van der Waals surface area contributed by atoms with Gasteiger partial charge in [-0.3, -0.25) is 9.59 Å². The minimum Gasteiger partial charge on any atom is -0.378 e. The lowest BCUT2D eigenvalue weighted by Crippen LogP contribution is -2.40. The van der Waals surface area contributed by atoms with Crippen molar-refractivity contribution in [2.75, 3.05) is 32.8 Å². The lowest BCUT2D eigenvalue weighted by Gasteiger charge is -2.26. The Balaban J connectivity index is 2.08. The third-order valence-electron chi connectivity index (χ3n) is 2.58. The van der Waals surface area contributed by atoms with Crippen LogP contribution in [0.1, 0.15) is 19.3 Å². The van der Waals surface area contributed by atoms with Crippen LogP contribution in [0.15, 0.2) is 12.1 Å². The topological polar surface area (TPSA) is 72.6 Å². The van der Waals surface area contributed by atoms with Gasteiger partial charge in [-0.2, -0.15) is 0 Å². The number of ketones is 1.